The Balaban J connectivity index is 1.63. The predicted octanol–water partition coefficient (Wildman–Crippen LogP) is 3.82. The van der Waals surface area contributed by atoms with Gasteiger partial charge in [-0.05, 0) is 17.7 Å². The summed E-state index contributed by atoms with van der Waals surface area (Å²) in [6.45, 7) is 0.173. The minimum absolute atomic E-state index is 0.141. The van der Waals surface area contributed by atoms with Gasteiger partial charge in [-0.3, -0.25) is 19.3 Å². The average Bonchev–Trinajstić information content (AvgIpc) is 3.25. The summed E-state index contributed by atoms with van der Waals surface area (Å²) < 4.78 is 10.7. The maximum atomic E-state index is 14.1. The van der Waals surface area contributed by atoms with Crippen molar-refractivity contribution in [3.63, 3.8) is 0 Å². The van der Waals surface area contributed by atoms with Gasteiger partial charge in [0.2, 0.25) is 11.6 Å². The van der Waals surface area contributed by atoms with E-state index in [-0.39, 0.29) is 31.2 Å². The van der Waals surface area contributed by atoms with Crippen LogP contribution in [0.3, 0.4) is 0 Å². The summed E-state index contributed by atoms with van der Waals surface area (Å²) in [4.78, 5) is 44.1. The summed E-state index contributed by atoms with van der Waals surface area (Å²) in [5.74, 6) is 0.0259. The molecule has 0 saturated carbocycles. The lowest BCUT2D eigenvalue weighted by molar-refractivity contribution is -0.129. The van der Waals surface area contributed by atoms with E-state index in [2.05, 4.69) is 5.32 Å². The second kappa shape index (κ2) is 8.79. The lowest BCUT2D eigenvalue weighted by atomic mass is 9.94. The van der Waals surface area contributed by atoms with E-state index in [1.54, 1.807) is 42.5 Å². The summed E-state index contributed by atoms with van der Waals surface area (Å²) in [7, 11) is 3.05. The van der Waals surface area contributed by atoms with Gasteiger partial charge in [-0.2, -0.15) is 0 Å². The van der Waals surface area contributed by atoms with Gasteiger partial charge >= 0.3 is 0 Å². The lowest BCUT2D eigenvalue weighted by Gasteiger charge is -2.49. The topological polar surface area (TPSA) is 88.2 Å². The fourth-order valence-electron chi connectivity index (χ4n) is 4.88. The van der Waals surface area contributed by atoms with Gasteiger partial charge in [-0.15, -0.1) is 0 Å². The Hall–Kier alpha value is -4.33. The Labute approximate surface area is 203 Å². The van der Waals surface area contributed by atoms with E-state index in [1.165, 1.54) is 24.0 Å². The minimum atomic E-state index is -1.52. The van der Waals surface area contributed by atoms with Crippen molar-refractivity contribution >= 4 is 29.1 Å². The van der Waals surface area contributed by atoms with Gasteiger partial charge < -0.3 is 19.7 Å². The van der Waals surface area contributed by atoms with Crippen LogP contribution in [0.4, 0.5) is 11.4 Å². The first-order valence-electron chi connectivity index (χ1n) is 11.3. The van der Waals surface area contributed by atoms with Gasteiger partial charge in [-0.25, -0.2) is 0 Å². The van der Waals surface area contributed by atoms with Crippen molar-refractivity contribution in [2.75, 3.05) is 24.4 Å². The zero-order chi connectivity index (χ0) is 24.6. The lowest BCUT2D eigenvalue weighted by Crippen LogP contribution is -2.69. The third-order valence-corrected chi connectivity index (χ3v) is 6.53. The molecule has 2 aliphatic rings. The third-order valence-electron chi connectivity index (χ3n) is 6.53. The zero-order valence-corrected chi connectivity index (χ0v) is 19.5. The predicted molar refractivity (Wildman–Crippen MR) is 130 cm³/mol. The molecule has 178 valence electrons. The second-order valence-electron chi connectivity index (χ2n) is 8.50. The summed E-state index contributed by atoms with van der Waals surface area (Å²) in [6, 6.07) is 21.4. The maximum Gasteiger partial charge on any atom is 0.271 e. The molecular formula is C27H25N3O5. The summed E-state index contributed by atoms with van der Waals surface area (Å²) in [5, 5.41) is 2.92. The van der Waals surface area contributed by atoms with E-state index >= 15 is 0 Å². The molecule has 3 aromatic rings. The van der Waals surface area contributed by atoms with Crippen LogP contribution >= 0.6 is 0 Å². The van der Waals surface area contributed by atoms with Crippen LogP contribution in [0.25, 0.3) is 0 Å². The monoisotopic (exact) mass is 471 g/mol. The molecule has 2 heterocycles. The number of methoxy groups -OCH3 is 2. The van der Waals surface area contributed by atoms with Crippen molar-refractivity contribution in [1.82, 2.24) is 4.90 Å². The highest BCUT2D eigenvalue weighted by Gasteiger charge is 2.60. The average molecular weight is 472 g/mol. The number of ether oxygens (including phenoxy) is 2. The molecule has 5 rings (SSSR count). The molecule has 3 aromatic carbocycles. The number of carbonyl (C=O) groups excluding carboxylic acids is 3. The summed E-state index contributed by atoms with van der Waals surface area (Å²) >= 11 is 0. The molecule has 0 spiro atoms. The molecule has 0 aromatic heterocycles. The van der Waals surface area contributed by atoms with Crippen LogP contribution in [0.15, 0.2) is 72.8 Å². The Bertz CT molecular complexity index is 1290. The summed E-state index contributed by atoms with van der Waals surface area (Å²) in [5.41, 5.74) is 0.614. The minimum Gasteiger partial charge on any atom is -0.497 e. The number of benzene rings is 3. The van der Waals surface area contributed by atoms with E-state index in [1.807, 2.05) is 30.3 Å². The number of amides is 3. The molecule has 0 aliphatic carbocycles. The highest BCUT2D eigenvalue weighted by atomic mass is 16.5. The first kappa shape index (κ1) is 22.5. The van der Waals surface area contributed by atoms with Gasteiger partial charge in [0.1, 0.15) is 11.5 Å². The van der Waals surface area contributed by atoms with Crippen molar-refractivity contribution < 1.29 is 23.9 Å². The molecule has 1 atom stereocenters. The molecule has 3 amide bonds. The van der Waals surface area contributed by atoms with E-state index < -0.39 is 11.6 Å². The molecule has 35 heavy (non-hydrogen) atoms. The first-order valence-corrected chi connectivity index (χ1v) is 11.3. The zero-order valence-electron chi connectivity index (χ0n) is 19.5. The number of hydrogen-bond acceptors (Lipinski definition) is 5. The highest BCUT2D eigenvalue weighted by molar-refractivity contribution is 6.18. The molecule has 1 fully saturated rings. The van der Waals surface area contributed by atoms with E-state index in [4.69, 9.17) is 9.47 Å². The van der Waals surface area contributed by atoms with E-state index in [0.717, 1.165) is 5.56 Å². The molecular weight excluding hydrogens is 446 g/mol. The van der Waals surface area contributed by atoms with Crippen molar-refractivity contribution in [2.24, 2.45) is 0 Å². The van der Waals surface area contributed by atoms with Gasteiger partial charge in [0, 0.05) is 43.3 Å². The van der Waals surface area contributed by atoms with Gasteiger partial charge in [0.05, 0.1) is 25.5 Å². The van der Waals surface area contributed by atoms with Crippen LogP contribution in [-0.2, 0) is 16.1 Å². The van der Waals surface area contributed by atoms with Crippen LogP contribution < -0.4 is 19.7 Å². The molecule has 8 nitrogen and oxygen atoms in total. The third kappa shape index (κ3) is 3.67. The Kier molecular flexibility index (Phi) is 5.64. The first-order chi connectivity index (χ1) is 17.0. The van der Waals surface area contributed by atoms with Crippen LogP contribution in [0.1, 0.15) is 28.8 Å². The van der Waals surface area contributed by atoms with Gasteiger partial charge in [-0.1, -0.05) is 42.5 Å². The fraction of sp³-hybridized carbons (Fsp3) is 0.222. The number of para-hydroxylation sites is 1. The maximum absolute atomic E-state index is 14.1. The van der Waals surface area contributed by atoms with Crippen LogP contribution in [0.2, 0.25) is 0 Å². The van der Waals surface area contributed by atoms with E-state index in [9.17, 15) is 14.4 Å². The molecule has 1 saturated heterocycles. The van der Waals surface area contributed by atoms with Crippen molar-refractivity contribution in [3.8, 4) is 11.5 Å². The SMILES string of the molecule is COc1cc(NC(=O)[C@@]23CCC(=O)N2c2ccccc2C(=O)N3Cc2ccccc2)cc(OC)c1. The number of carbonyl (C=O) groups is 3. The molecule has 1 N–H and O–H groups in total. The number of hydrogen-bond donors (Lipinski definition) is 1. The normalized spacial score (nSPS) is 18.7. The number of fused-ring (bicyclic) bond motifs is 3. The number of rotatable bonds is 6. The molecule has 8 heteroatoms. The standard InChI is InChI=1S/C27H25N3O5/c1-34-20-14-19(15-21(16-20)35-2)28-26(33)27-13-12-24(31)30(27)23-11-7-6-10-22(23)25(32)29(27)17-18-8-4-3-5-9-18/h3-11,14-16H,12-13,17H2,1-2H3,(H,28,33)/t27-/m1/s1. The van der Waals surface area contributed by atoms with E-state index in [0.29, 0.717) is 28.4 Å². The second-order valence-corrected chi connectivity index (χ2v) is 8.50. The quantitative estimate of drug-likeness (QED) is 0.591. The fourth-order valence-corrected chi connectivity index (χ4v) is 4.88. The Morgan fingerprint density at radius 3 is 2.29 bits per heavy atom. The smallest absolute Gasteiger partial charge is 0.271 e. The highest BCUT2D eigenvalue weighted by Crippen LogP contribution is 2.45. The van der Waals surface area contributed by atoms with Crippen LogP contribution in [0, 0.1) is 0 Å². The van der Waals surface area contributed by atoms with Gasteiger partial charge in [0.15, 0.2) is 0 Å². The summed E-state index contributed by atoms with van der Waals surface area (Å²) in [6.07, 6.45) is 0.313. The van der Waals surface area contributed by atoms with Crippen molar-refractivity contribution in [2.45, 2.75) is 25.0 Å². The number of nitrogens with zero attached hydrogens (tertiary/aromatic N) is 2. The van der Waals surface area contributed by atoms with Crippen molar-refractivity contribution in [3.05, 3.63) is 83.9 Å². The molecule has 2 aliphatic heterocycles. The molecule has 0 radical (unpaired) electrons. The van der Waals surface area contributed by atoms with Crippen LogP contribution in [0.5, 0.6) is 11.5 Å². The number of anilines is 2. The Morgan fingerprint density at radius 2 is 1.60 bits per heavy atom. The Morgan fingerprint density at radius 1 is 0.943 bits per heavy atom. The van der Waals surface area contributed by atoms with Crippen molar-refractivity contribution in [1.29, 1.82) is 0 Å². The van der Waals surface area contributed by atoms with Gasteiger partial charge in [0.25, 0.3) is 11.8 Å². The molecule has 0 bridgehead atoms. The van der Waals surface area contributed by atoms with Crippen LogP contribution in [-0.4, -0.2) is 42.5 Å². The molecule has 0 unspecified atom stereocenters. The largest absolute Gasteiger partial charge is 0.497 e. The number of nitrogens with one attached hydrogen (secondary N) is 1.